The maximum Gasteiger partial charge on any atom is 0.00952 e. The molecule has 1 N–H and O–H groups in total. The molecule has 0 aliphatic heterocycles. The zero-order valence-electron chi connectivity index (χ0n) is 12.9. The quantitative estimate of drug-likeness (QED) is 0.760. The van der Waals surface area contributed by atoms with Crippen LogP contribution in [0.1, 0.15) is 68.9 Å². The summed E-state index contributed by atoms with van der Waals surface area (Å²) in [5.41, 5.74) is 3.28. The van der Waals surface area contributed by atoms with Gasteiger partial charge in [0.05, 0.1) is 0 Å². The summed E-state index contributed by atoms with van der Waals surface area (Å²) < 4.78 is 0. The van der Waals surface area contributed by atoms with Crippen molar-refractivity contribution < 1.29 is 0 Å². The number of fused-ring (bicyclic) bond motifs is 1. The Bertz CT molecular complexity index is 422. The van der Waals surface area contributed by atoms with Crippen LogP contribution in [0, 0.1) is 5.92 Å². The van der Waals surface area contributed by atoms with Gasteiger partial charge in [-0.1, -0.05) is 37.6 Å². The zero-order chi connectivity index (χ0) is 13.8. The van der Waals surface area contributed by atoms with Crippen molar-refractivity contribution in [3.63, 3.8) is 0 Å². The van der Waals surface area contributed by atoms with E-state index in [1.54, 1.807) is 11.1 Å². The molecule has 2 aliphatic carbocycles. The highest BCUT2D eigenvalue weighted by Gasteiger charge is 2.30. The lowest BCUT2D eigenvalue weighted by Crippen LogP contribution is -2.30. The van der Waals surface area contributed by atoms with Gasteiger partial charge in [0.25, 0.3) is 0 Å². The first-order chi connectivity index (χ1) is 9.88. The van der Waals surface area contributed by atoms with E-state index >= 15 is 0 Å². The van der Waals surface area contributed by atoms with E-state index in [0.717, 1.165) is 24.4 Å². The molecule has 0 aromatic heterocycles. The number of nitrogens with one attached hydrogen (secondary N) is 1. The first-order valence-electron chi connectivity index (χ1n) is 8.69. The van der Waals surface area contributed by atoms with Crippen LogP contribution in [0.25, 0.3) is 0 Å². The van der Waals surface area contributed by atoms with Gasteiger partial charge < -0.3 is 5.32 Å². The highest BCUT2D eigenvalue weighted by molar-refractivity contribution is 5.32. The summed E-state index contributed by atoms with van der Waals surface area (Å²) >= 11 is 0. The van der Waals surface area contributed by atoms with Crippen molar-refractivity contribution in [3.8, 4) is 0 Å². The molecule has 110 valence electrons. The van der Waals surface area contributed by atoms with Crippen LogP contribution in [0.15, 0.2) is 24.3 Å². The normalized spacial score (nSPS) is 23.4. The molecule has 2 unspecified atom stereocenters. The van der Waals surface area contributed by atoms with Gasteiger partial charge in [-0.15, -0.1) is 0 Å². The standard InChI is InChI=1S/C19H29N/c1-2-20-19(17-13-14-17)12-6-10-16-9-5-8-15-7-3-4-11-18(15)16/h3-4,7,11,16-17,19-20H,2,5-6,8-10,12-14H2,1H3. The summed E-state index contributed by atoms with van der Waals surface area (Å²) in [7, 11) is 0. The maximum atomic E-state index is 3.70. The molecule has 1 fully saturated rings. The summed E-state index contributed by atoms with van der Waals surface area (Å²) in [4.78, 5) is 0. The van der Waals surface area contributed by atoms with E-state index in [1.165, 1.54) is 51.4 Å². The van der Waals surface area contributed by atoms with Gasteiger partial charge in [0.15, 0.2) is 0 Å². The van der Waals surface area contributed by atoms with Crippen LogP contribution in [0.4, 0.5) is 0 Å². The van der Waals surface area contributed by atoms with Crippen LogP contribution in [-0.2, 0) is 6.42 Å². The minimum absolute atomic E-state index is 0.804. The molecule has 3 rings (SSSR count). The summed E-state index contributed by atoms with van der Waals surface area (Å²) in [6, 6.07) is 9.95. The third kappa shape index (κ3) is 3.44. The molecule has 1 heteroatoms. The lowest BCUT2D eigenvalue weighted by molar-refractivity contribution is 0.407. The third-order valence-corrected chi connectivity index (χ3v) is 5.22. The van der Waals surface area contributed by atoms with Gasteiger partial charge in [0, 0.05) is 6.04 Å². The minimum atomic E-state index is 0.804. The molecule has 20 heavy (non-hydrogen) atoms. The summed E-state index contributed by atoms with van der Waals surface area (Å²) in [5, 5.41) is 3.70. The SMILES string of the molecule is CCNC(CCCC1CCCc2ccccc21)C1CC1. The van der Waals surface area contributed by atoms with Gasteiger partial charge in [0.2, 0.25) is 0 Å². The van der Waals surface area contributed by atoms with Crippen LogP contribution in [-0.4, -0.2) is 12.6 Å². The van der Waals surface area contributed by atoms with Crippen molar-refractivity contribution in [2.75, 3.05) is 6.54 Å². The van der Waals surface area contributed by atoms with Gasteiger partial charge in [0.1, 0.15) is 0 Å². The maximum absolute atomic E-state index is 3.70. The van der Waals surface area contributed by atoms with Gasteiger partial charge in [-0.25, -0.2) is 0 Å². The number of rotatable bonds is 7. The summed E-state index contributed by atoms with van der Waals surface area (Å²) in [6.07, 6.45) is 11.2. The molecule has 0 spiro atoms. The fourth-order valence-electron chi connectivity index (χ4n) is 4.00. The molecule has 1 saturated carbocycles. The van der Waals surface area contributed by atoms with Crippen molar-refractivity contribution in [1.82, 2.24) is 5.32 Å². The molecular formula is C19H29N. The predicted octanol–water partition coefficient (Wildman–Crippen LogP) is 4.66. The number of hydrogen-bond acceptors (Lipinski definition) is 1. The molecule has 2 aliphatic rings. The lowest BCUT2D eigenvalue weighted by Gasteiger charge is -2.26. The molecule has 1 nitrogen and oxygen atoms in total. The smallest absolute Gasteiger partial charge is 0.00952 e. The lowest BCUT2D eigenvalue weighted by atomic mass is 9.80. The van der Waals surface area contributed by atoms with Crippen LogP contribution in [0.3, 0.4) is 0 Å². The highest BCUT2D eigenvalue weighted by atomic mass is 14.9. The molecule has 2 atom stereocenters. The average molecular weight is 271 g/mol. The van der Waals surface area contributed by atoms with Crippen molar-refractivity contribution in [1.29, 1.82) is 0 Å². The minimum Gasteiger partial charge on any atom is -0.314 e. The second kappa shape index (κ2) is 6.76. The van der Waals surface area contributed by atoms with Gasteiger partial charge in [-0.3, -0.25) is 0 Å². The second-order valence-corrected chi connectivity index (χ2v) is 6.72. The Morgan fingerprint density at radius 3 is 2.85 bits per heavy atom. The summed E-state index contributed by atoms with van der Waals surface area (Å²) in [5.74, 6) is 1.83. The number of hydrogen-bond donors (Lipinski definition) is 1. The third-order valence-electron chi connectivity index (χ3n) is 5.22. The van der Waals surface area contributed by atoms with E-state index in [1.807, 2.05) is 0 Å². The Labute approximate surface area is 124 Å². The molecule has 1 aromatic carbocycles. The highest BCUT2D eigenvalue weighted by Crippen LogP contribution is 2.37. The molecular weight excluding hydrogens is 242 g/mol. The Hall–Kier alpha value is -0.820. The Kier molecular flexibility index (Phi) is 4.77. The van der Waals surface area contributed by atoms with Crippen LogP contribution in [0.2, 0.25) is 0 Å². The van der Waals surface area contributed by atoms with E-state index in [4.69, 9.17) is 0 Å². The van der Waals surface area contributed by atoms with E-state index < -0.39 is 0 Å². The fraction of sp³-hybridized carbons (Fsp3) is 0.684. The van der Waals surface area contributed by atoms with E-state index in [-0.39, 0.29) is 0 Å². The van der Waals surface area contributed by atoms with Crippen molar-refractivity contribution >= 4 is 0 Å². The van der Waals surface area contributed by atoms with Crippen LogP contribution >= 0.6 is 0 Å². The molecule has 0 bridgehead atoms. The van der Waals surface area contributed by atoms with Crippen molar-refractivity contribution in [2.24, 2.45) is 5.92 Å². The van der Waals surface area contributed by atoms with Crippen LogP contribution in [0.5, 0.6) is 0 Å². The molecule has 0 heterocycles. The average Bonchev–Trinajstić information content (AvgIpc) is 3.31. The molecule has 0 radical (unpaired) electrons. The largest absolute Gasteiger partial charge is 0.314 e. The van der Waals surface area contributed by atoms with Crippen LogP contribution < -0.4 is 5.32 Å². The molecule has 1 aromatic rings. The molecule has 0 amide bonds. The molecule has 0 saturated heterocycles. The fourth-order valence-corrected chi connectivity index (χ4v) is 4.00. The second-order valence-electron chi connectivity index (χ2n) is 6.72. The first-order valence-corrected chi connectivity index (χ1v) is 8.69. The van der Waals surface area contributed by atoms with Gasteiger partial charge >= 0.3 is 0 Å². The summed E-state index contributed by atoms with van der Waals surface area (Å²) in [6.45, 7) is 3.38. The van der Waals surface area contributed by atoms with Gasteiger partial charge in [-0.05, 0) is 74.5 Å². The van der Waals surface area contributed by atoms with E-state index in [9.17, 15) is 0 Å². The number of benzene rings is 1. The monoisotopic (exact) mass is 271 g/mol. The Morgan fingerprint density at radius 2 is 2.05 bits per heavy atom. The Balaban J connectivity index is 1.51. The van der Waals surface area contributed by atoms with Gasteiger partial charge in [-0.2, -0.15) is 0 Å². The van der Waals surface area contributed by atoms with Crippen molar-refractivity contribution in [3.05, 3.63) is 35.4 Å². The first kappa shape index (κ1) is 14.1. The zero-order valence-corrected chi connectivity index (χ0v) is 12.9. The Morgan fingerprint density at radius 1 is 1.20 bits per heavy atom. The van der Waals surface area contributed by atoms with E-state index in [0.29, 0.717) is 0 Å². The van der Waals surface area contributed by atoms with E-state index in [2.05, 4.69) is 36.5 Å². The predicted molar refractivity (Wildman–Crippen MR) is 86.2 cm³/mol. The number of aryl methyl sites for hydroxylation is 1. The topological polar surface area (TPSA) is 12.0 Å². The van der Waals surface area contributed by atoms with Crippen molar-refractivity contribution in [2.45, 2.75) is 70.3 Å².